The van der Waals surface area contributed by atoms with Crippen molar-refractivity contribution >= 4 is 60.5 Å². The number of nitrogens with zero attached hydrogens (tertiary/aromatic N) is 1. The van der Waals surface area contributed by atoms with E-state index >= 15 is 0 Å². The zero-order valence-corrected chi connectivity index (χ0v) is 25.1. The summed E-state index contributed by atoms with van der Waals surface area (Å²) in [6.45, 7) is 0. The monoisotopic (exact) mass is 587 g/mol. The first-order valence-electron chi connectivity index (χ1n) is 15.7. The molecular formula is C44H29NO. The Balaban J connectivity index is 1.18. The van der Waals surface area contributed by atoms with Crippen LogP contribution in [0.2, 0.25) is 0 Å². The number of anilines is 3. The van der Waals surface area contributed by atoms with E-state index in [1.165, 1.54) is 27.3 Å². The largest absolute Gasteiger partial charge is 0.455 e. The summed E-state index contributed by atoms with van der Waals surface area (Å²) in [5, 5.41) is 7.07. The molecule has 0 saturated heterocycles. The van der Waals surface area contributed by atoms with Gasteiger partial charge in [-0.05, 0) is 99.1 Å². The molecule has 0 spiro atoms. The van der Waals surface area contributed by atoms with Crippen molar-refractivity contribution in [2.24, 2.45) is 0 Å². The number of para-hydroxylation sites is 2. The van der Waals surface area contributed by atoms with Crippen LogP contribution in [-0.2, 0) is 0 Å². The van der Waals surface area contributed by atoms with Crippen molar-refractivity contribution in [1.29, 1.82) is 0 Å². The molecule has 0 aliphatic carbocycles. The smallest absolute Gasteiger partial charge is 0.143 e. The van der Waals surface area contributed by atoms with Gasteiger partial charge in [-0.1, -0.05) is 115 Å². The first kappa shape index (κ1) is 26.3. The van der Waals surface area contributed by atoms with Gasteiger partial charge in [-0.2, -0.15) is 0 Å². The molecule has 1 heterocycles. The molecule has 0 N–H and O–H groups in total. The van der Waals surface area contributed by atoms with Crippen molar-refractivity contribution in [2.45, 2.75) is 0 Å². The summed E-state index contributed by atoms with van der Waals surface area (Å²) in [6.07, 6.45) is 0. The van der Waals surface area contributed by atoms with E-state index in [0.717, 1.165) is 55.5 Å². The van der Waals surface area contributed by atoms with Crippen molar-refractivity contribution in [3.05, 3.63) is 176 Å². The van der Waals surface area contributed by atoms with Crippen LogP contribution in [0, 0.1) is 0 Å². The van der Waals surface area contributed by atoms with Crippen LogP contribution < -0.4 is 4.90 Å². The molecule has 0 atom stereocenters. The summed E-state index contributed by atoms with van der Waals surface area (Å²) in [4.78, 5) is 2.30. The Morgan fingerprint density at radius 1 is 0.348 bits per heavy atom. The van der Waals surface area contributed by atoms with Crippen LogP contribution >= 0.6 is 0 Å². The van der Waals surface area contributed by atoms with Gasteiger partial charge in [-0.25, -0.2) is 0 Å². The number of hydrogen-bond donors (Lipinski definition) is 0. The van der Waals surface area contributed by atoms with Crippen LogP contribution in [0.1, 0.15) is 0 Å². The van der Waals surface area contributed by atoms with Gasteiger partial charge in [-0.3, -0.25) is 0 Å². The molecule has 0 aliphatic heterocycles. The first-order chi connectivity index (χ1) is 22.8. The molecule has 216 valence electrons. The molecular weight excluding hydrogens is 558 g/mol. The molecule has 9 aromatic rings. The summed E-state index contributed by atoms with van der Waals surface area (Å²) >= 11 is 0. The number of hydrogen-bond acceptors (Lipinski definition) is 2. The maximum atomic E-state index is 6.69. The van der Waals surface area contributed by atoms with E-state index in [1.54, 1.807) is 0 Å². The average molecular weight is 588 g/mol. The fourth-order valence-corrected chi connectivity index (χ4v) is 6.80. The van der Waals surface area contributed by atoms with E-state index in [0.29, 0.717) is 0 Å². The molecule has 0 amide bonds. The summed E-state index contributed by atoms with van der Waals surface area (Å²) in [7, 11) is 0. The molecule has 9 rings (SSSR count). The van der Waals surface area contributed by atoms with Gasteiger partial charge in [0, 0.05) is 33.2 Å². The van der Waals surface area contributed by atoms with E-state index < -0.39 is 0 Å². The van der Waals surface area contributed by atoms with E-state index in [1.807, 2.05) is 0 Å². The van der Waals surface area contributed by atoms with Crippen LogP contribution in [0.4, 0.5) is 17.1 Å². The highest BCUT2D eigenvalue weighted by molar-refractivity contribution is 6.19. The fraction of sp³-hybridized carbons (Fsp3) is 0. The number of fused-ring (bicyclic) bond motifs is 6. The molecule has 0 fully saturated rings. The highest BCUT2D eigenvalue weighted by Crippen LogP contribution is 2.42. The average Bonchev–Trinajstić information content (AvgIpc) is 3.50. The minimum atomic E-state index is 0.890. The Hall–Kier alpha value is -6.12. The van der Waals surface area contributed by atoms with Crippen LogP contribution in [0.5, 0.6) is 0 Å². The summed E-state index contributed by atoms with van der Waals surface area (Å²) < 4.78 is 6.69. The fourth-order valence-electron chi connectivity index (χ4n) is 6.80. The van der Waals surface area contributed by atoms with Crippen molar-refractivity contribution in [3.63, 3.8) is 0 Å². The van der Waals surface area contributed by atoms with Gasteiger partial charge >= 0.3 is 0 Å². The van der Waals surface area contributed by atoms with Crippen LogP contribution in [0.25, 0.3) is 65.7 Å². The number of furan rings is 1. The zero-order chi connectivity index (χ0) is 30.5. The molecule has 0 radical (unpaired) electrons. The molecule has 8 aromatic carbocycles. The maximum absolute atomic E-state index is 6.69. The predicted molar refractivity (Wildman–Crippen MR) is 194 cm³/mol. The van der Waals surface area contributed by atoms with E-state index in [2.05, 4.69) is 181 Å². The van der Waals surface area contributed by atoms with E-state index in [4.69, 9.17) is 4.42 Å². The molecule has 2 heteroatoms. The Labute approximate surface area is 267 Å². The topological polar surface area (TPSA) is 16.4 Å². The van der Waals surface area contributed by atoms with Gasteiger partial charge in [0.25, 0.3) is 0 Å². The lowest BCUT2D eigenvalue weighted by molar-refractivity contribution is 0.673. The van der Waals surface area contributed by atoms with E-state index in [-0.39, 0.29) is 0 Å². The molecule has 46 heavy (non-hydrogen) atoms. The zero-order valence-electron chi connectivity index (χ0n) is 25.1. The number of benzene rings is 8. The third-order valence-corrected chi connectivity index (χ3v) is 9.01. The van der Waals surface area contributed by atoms with Gasteiger partial charge in [0.05, 0.1) is 0 Å². The quantitative estimate of drug-likeness (QED) is 0.199. The normalized spacial score (nSPS) is 11.5. The van der Waals surface area contributed by atoms with Gasteiger partial charge in [0.2, 0.25) is 0 Å². The lowest BCUT2D eigenvalue weighted by atomic mass is 9.94. The van der Waals surface area contributed by atoms with Crippen molar-refractivity contribution in [3.8, 4) is 22.3 Å². The van der Waals surface area contributed by atoms with Crippen molar-refractivity contribution in [2.75, 3.05) is 4.90 Å². The standard InChI is InChI=1S/C44H29NO/c1-3-15-35(16-4-1)45(36-17-5-2-6-18-36)37-19-11-14-32(27-37)33-24-25-39-42-29-41(34-23-22-30-12-7-8-13-31(30)26-34)38-20-9-10-21-40(38)44(42)46-43(39)28-33/h1-29H. The van der Waals surface area contributed by atoms with Crippen LogP contribution in [-0.4, -0.2) is 0 Å². The minimum Gasteiger partial charge on any atom is -0.455 e. The van der Waals surface area contributed by atoms with Crippen LogP contribution in [0.3, 0.4) is 0 Å². The van der Waals surface area contributed by atoms with Gasteiger partial charge < -0.3 is 9.32 Å². The van der Waals surface area contributed by atoms with E-state index in [9.17, 15) is 0 Å². The Bertz CT molecular complexity index is 2490. The molecule has 0 saturated carbocycles. The Morgan fingerprint density at radius 3 is 1.76 bits per heavy atom. The second-order valence-corrected chi connectivity index (χ2v) is 11.8. The SMILES string of the molecule is c1ccc(N(c2ccccc2)c2cccc(-c3ccc4c(c3)oc3c5ccccc5c(-c5ccc6ccccc6c5)cc43)c2)cc1. The van der Waals surface area contributed by atoms with Gasteiger partial charge in [0.1, 0.15) is 11.2 Å². The van der Waals surface area contributed by atoms with Gasteiger partial charge in [0.15, 0.2) is 0 Å². The van der Waals surface area contributed by atoms with Crippen molar-refractivity contribution < 1.29 is 4.42 Å². The highest BCUT2D eigenvalue weighted by atomic mass is 16.3. The molecule has 0 aliphatic rings. The lowest BCUT2D eigenvalue weighted by Gasteiger charge is -2.25. The third-order valence-electron chi connectivity index (χ3n) is 9.01. The Morgan fingerprint density at radius 2 is 0.978 bits per heavy atom. The summed E-state index contributed by atoms with van der Waals surface area (Å²) in [5.41, 5.74) is 9.84. The highest BCUT2D eigenvalue weighted by Gasteiger charge is 2.17. The lowest BCUT2D eigenvalue weighted by Crippen LogP contribution is -2.09. The predicted octanol–water partition coefficient (Wildman–Crippen LogP) is 12.7. The molecule has 1 aromatic heterocycles. The molecule has 0 unspecified atom stereocenters. The third kappa shape index (κ3) is 4.43. The molecule has 0 bridgehead atoms. The number of rotatable bonds is 5. The van der Waals surface area contributed by atoms with Crippen molar-refractivity contribution in [1.82, 2.24) is 0 Å². The molecule has 2 nitrogen and oxygen atoms in total. The first-order valence-corrected chi connectivity index (χ1v) is 15.7. The summed E-state index contributed by atoms with van der Waals surface area (Å²) in [5.74, 6) is 0. The van der Waals surface area contributed by atoms with Gasteiger partial charge in [-0.15, -0.1) is 0 Å². The maximum Gasteiger partial charge on any atom is 0.143 e. The second kappa shape index (κ2) is 10.8. The minimum absolute atomic E-state index is 0.890. The Kier molecular flexibility index (Phi) is 6.17. The summed E-state index contributed by atoms with van der Waals surface area (Å²) in [6, 6.07) is 62.6. The van der Waals surface area contributed by atoms with Crippen LogP contribution in [0.15, 0.2) is 180 Å². The second-order valence-electron chi connectivity index (χ2n) is 11.8.